The molecule has 20 heteroatoms. The SMILES string of the molecule is CCCCCCCCCCCCCCCCCCOP(=O)(OCC(CC)CCCC)OP(=O)(O)OP(=O)(O)OC[C@@H]1C=C[C@H](n2cc(C)c(=O)[nH]c2=O)O1.N.N. The maximum atomic E-state index is 13.6. The second-order valence-corrected chi connectivity index (χ2v) is 19.0. The summed E-state index contributed by atoms with van der Waals surface area (Å²) in [6, 6.07) is 0. The lowest BCUT2D eigenvalue weighted by Crippen LogP contribution is -2.33. The van der Waals surface area contributed by atoms with E-state index in [-0.39, 0.29) is 37.0 Å². The summed E-state index contributed by atoms with van der Waals surface area (Å²) in [4.78, 5) is 46.6. The lowest BCUT2D eigenvalue weighted by Gasteiger charge is -2.23. The van der Waals surface area contributed by atoms with Crippen LogP contribution in [0.5, 0.6) is 0 Å². The smallest absolute Gasteiger partial charge is 0.344 e. The van der Waals surface area contributed by atoms with Gasteiger partial charge in [-0.2, -0.15) is 8.62 Å². The van der Waals surface area contributed by atoms with Crippen LogP contribution in [0, 0.1) is 12.8 Å². The van der Waals surface area contributed by atoms with Crippen LogP contribution in [0.25, 0.3) is 0 Å². The zero-order valence-electron chi connectivity index (χ0n) is 34.3. The van der Waals surface area contributed by atoms with Crippen LogP contribution < -0.4 is 23.6 Å². The zero-order chi connectivity index (χ0) is 39.9. The number of rotatable bonds is 33. The molecule has 0 aromatic carbocycles. The summed E-state index contributed by atoms with van der Waals surface area (Å²) in [5, 5.41) is 0. The predicted octanol–water partition coefficient (Wildman–Crippen LogP) is 10.5. The highest BCUT2D eigenvalue weighted by molar-refractivity contribution is 7.67. The molecule has 330 valence electrons. The number of hydrogen-bond donors (Lipinski definition) is 5. The van der Waals surface area contributed by atoms with Crippen LogP contribution in [0.4, 0.5) is 0 Å². The van der Waals surface area contributed by atoms with E-state index in [4.69, 9.17) is 22.6 Å². The van der Waals surface area contributed by atoms with E-state index >= 15 is 0 Å². The van der Waals surface area contributed by atoms with E-state index in [1.54, 1.807) is 0 Å². The number of H-pyrrole nitrogens is 1. The van der Waals surface area contributed by atoms with Crippen molar-refractivity contribution in [3.8, 4) is 0 Å². The Kier molecular flexibility index (Phi) is 29.2. The van der Waals surface area contributed by atoms with E-state index in [0.717, 1.165) is 49.5 Å². The van der Waals surface area contributed by atoms with Gasteiger partial charge in [0.1, 0.15) is 6.10 Å². The highest BCUT2D eigenvalue weighted by Crippen LogP contribution is 2.69. The summed E-state index contributed by atoms with van der Waals surface area (Å²) in [6.07, 6.45) is 24.5. The van der Waals surface area contributed by atoms with Crippen LogP contribution in [0.2, 0.25) is 0 Å². The quantitative estimate of drug-likeness (QED) is 0.0250. The predicted molar refractivity (Wildman–Crippen MR) is 219 cm³/mol. The van der Waals surface area contributed by atoms with E-state index < -0.39 is 53.7 Å². The number of hydrogen-bond acceptors (Lipinski definition) is 13. The molecule has 0 saturated carbocycles. The Labute approximate surface area is 334 Å². The van der Waals surface area contributed by atoms with Crippen LogP contribution in [-0.2, 0) is 40.6 Å². The van der Waals surface area contributed by atoms with Gasteiger partial charge in [0.25, 0.3) is 5.56 Å². The van der Waals surface area contributed by atoms with Gasteiger partial charge in [-0.1, -0.05) is 142 Å². The molecule has 0 radical (unpaired) electrons. The lowest BCUT2D eigenvalue weighted by atomic mass is 10.0. The molecule has 0 bridgehead atoms. The highest BCUT2D eigenvalue weighted by Gasteiger charge is 2.44. The Morgan fingerprint density at radius 3 is 1.80 bits per heavy atom. The summed E-state index contributed by atoms with van der Waals surface area (Å²) < 4.78 is 71.0. The molecule has 0 fully saturated rings. The third-order valence-corrected chi connectivity index (χ3v) is 14.0. The van der Waals surface area contributed by atoms with Crippen LogP contribution in [0.1, 0.15) is 161 Å². The largest absolute Gasteiger partial charge is 0.490 e. The molecule has 0 amide bonds. The molecule has 9 N–H and O–H groups in total. The van der Waals surface area contributed by atoms with Gasteiger partial charge in [-0.05, 0) is 31.8 Å². The summed E-state index contributed by atoms with van der Waals surface area (Å²) in [5.41, 5.74) is -1.01. The molecule has 4 unspecified atom stereocenters. The van der Waals surface area contributed by atoms with Gasteiger partial charge in [-0.3, -0.25) is 27.9 Å². The number of nitrogens with one attached hydrogen (secondary N) is 1. The topological polar surface area (TPSA) is 272 Å². The van der Waals surface area contributed by atoms with Crippen molar-refractivity contribution in [3.63, 3.8) is 0 Å². The summed E-state index contributed by atoms with van der Waals surface area (Å²) in [5.74, 6) is -0.0218. The molecule has 1 aromatic heterocycles. The van der Waals surface area contributed by atoms with Crippen molar-refractivity contribution >= 4 is 23.5 Å². The maximum absolute atomic E-state index is 13.6. The van der Waals surface area contributed by atoms with Gasteiger partial charge in [0, 0.05) is 11.8 Å². The molecule has 56 heavy (non-hydrogen) atoms. The molecule has 17 nitrogen and oxygen atoms in total. The minimum absolute atomic E-state index is 0. The Morgan fingerprint density at radius 2 is 1.27 bits per heavy atom. The molecule has 1 aliphatic rings. The van der Waals surface area contributed by atoms with Gasteiger partial charge in [-0.25, -0.2) is 18.5 Å². The van der Waals surface area contributed by atoms with Crippen molar-refractivity contribution in [1.29, 1.82) is 0 Å². The first-order valence-corrected chi connectivity index (χ1v) is 24.5. The second-order valence-electron chi connectivity index (χ2n) is 14.1. The molecule has 0 saturated heterocycles. The van der Waals surface area contributed by atoms with E-state index in [2.05, 4.69) is 16.2 Å². The van der Waals surface area contributed by atoms with Crippen LogP contribution in [0.3, 0.4) is 0 Å². The third kappa shape index (κ3) is 23.3. The molecular formula is C36H73N4O13P3. The minimum atomic E-state index is -5.54. The first kappa shape index (κ1) is 54.7. The number of ether oxygens (including phenoxy) is 1. The summed E-state index contributed by atoms with van der Waals surface area (Å²) >= 11 is 0. The second kappa shape index (κ2) is 29.8. The van der Waals surface area contributed by atoms with Gasteiger partial charge >= 0.3 is 29.2 Å². The first-order chi connectivity index (χ1) is 25.7. The van der Waals surface area contributed by atoms with E-state index in [9.17, 15) is 33.1 Å². The van der Waals surface area contributed by atoms with Crippen LogP contribution in [-0.4, -0.2) is 45.3 Å². The molecule has 0 spiro atoms. The number of phosphoric acid groups is 3. The zero-order valence-corrected chi connectivity index (χ0v) is 37.0. The molecule has 2 rings (SSSR count). The van der Waals surface area contributed by atoms with Crippen molar-refractivity contribution in [1.82, 2.24) is 21.9 Å². The molecule has 1 aliphatic heterocycles. The van der Waals surface area contributed by atoms with Gasteiger partial charge in [0.2, 0.25) is 0 Å². The normalized spacial score (nSPS) is 19.0. The monoisotopic (exact) mass is 862 g/mol. The maximum Gasteiger partial charge on any atom is 0.490 e. The average molecular weight is 863 g/mol. The first-order valence-electron chi connectivity index (χ1n) is 20.0. The van der Waals surface area contributed by atoms with E-state index in [0.29, 0.717) is 12.8 Å². The Bertz CT molecular complexity index is 1490. The fourth-order valence-corrected chi connectivity index (χ4v) is 10.1. The molecule has 0 aliphatic carbocycles. The van der Waals surface area contributed by atoms with Crippen molar-refractivity contribution in [3.05, 3.63) is 44.8 Å². The lowest BCUT2D eigenvalue weighted by molar-refractivity contribution is -0.0105. The van der Waals surface area contributed by atoms with Gasteiger partial charge in [0.15, 0.2) is 6.23 Å². The van der Waals surface area contributed by atoms with Crippen molar-refractivity contribution in [2.24, 2.45) is 5.92 Å². The van der Waals surface area contributed by atoms with Crippen molar-refractivity contribution in [2.75, 3.05) is 19.8 Å². The minimum Gasteiger partial charge on any atom is -0.344 e. The van der Waals surface area contributed by atoms with Crippen molar-refractivity contribution < 1.29 is 50.4 Å². The molecular weight excluding hydrogens is 789 g/mol. The standard InChI is InChI=1S/C36H67N2O13P3.2H3N/c1-5-8-10-11-12-13-14-15-16-17-18-19-20-21-22-23-27-46-54(45,48-29-32(7-3)24-9-6-2)51-53(43,44)50-52(41,42)47-30-33-25-26-34(49-33)38-28-31(4)35(39)37-36(38)40;;/h25-26,28,32-34H,5-24,27,29-30H2,1-4H3,(H,41,42)(H,43,44)(H,37,39,40);2*1H3/t32?,33-,34+,54?;;/m0../s1. The number of unbranched alkanes of at least 4 members (excludes halogenated alkanes) is 16. The number of phosphoric ester groups is 2. The van der Waals surface area contributed by atoms with Gasteiger partial charge < -0.3 is 26.8 Å². The molecule has 1 aromatic rings. The number of aryl methyl sites for hydroxylation is 1. The van der Waals surface area contributed by atoms with Gasteiger partial charge in [-0.15, -0.1) is 0 Å². The Morgan fingerprint density at radius 1 is 0.732 bits per heavy atom. The Balaban J connectivity index is 0.0000151. The number of nitrogens with zero attached hydrogens (tertiary/aromatic N) is 1. The fraction of sp³-hybridized carbons (Fsp3) is 0.833. The Hall–Kier alpha value is -1.29. The third-order valence-electron chi connectivity index (χ3n) is 9.30. The van der Waals surface area contributed by atoms with Crippen molar-refractivity contribution in [2.45, 2.75) is 168 Å². The summed E-state index contributed by atoms with van der Waals surface area (Å²) in [6.45, 7) is 6.94. The van der Waals surface area contributed by atoms with Crippen LogP contribution >= 0.6 is 23.5 Å². The van der Waals surface area contributed by atoms with E-state index in [1.807, 2.05) is 13.8 Å². The fourth-order valence-electron chi connectivity index (χ4n) is 5.99. The molecule has 6 atom stereocenters. The average Bonchev–Trinajstić information content (AvgIpc) is 3.58. The summed E-state index contributed by atoms with van der Waals surface area (Å²) in [7, 11) is -15.6. The highest BCUT2D eigenvalue weighted by atomic mass is 31.3. The van der Waals surface area contributed by atoms with Gasteiger partial charge in [0.05, 0.1) is 19.8 Å². The van der Waals surface area contributed by atoms with Crippen LogP contribution in [0.15, 0.2) is 27.9 Å². The number of aromatic nitrogens is 2. The molecule has 2 heterocycles. The van der Waals surface area contributed by atoms with E-state index in [1.165, 1.54) is 95.9 Å². The number of aromatic amines is 1.